The maximum atomic E-state index is 13.4. The fourth-order valence-corrected chi connectivity index (χ4v) is 7.60. The Bertz CT molecular complexity index is 1200. The SMILES string of the molecule is CCC[C@]12c3c4ccc(O)c3O[C@H]1[C@H](NC(=O)c1ccncc1C)CC[C@@]2(O)[C@H](N(C)CC1CC1)C4. The molecule has 1 amide bonds. The van der Waals surface area contributed by atoms with Crippen LogP contribution in [0.25, 0.3) is 0 Å². The Morgan fingerprint density at radius 1 is 1.28 bits per heavy atom. The van der Waals surface area contributed by atoms with Crippen LogP contribution in [-0.4, -0.2) is 63.4 Å². The highest BCUT2D eigenvalue weighted by atomic mass is 16.5. The van der Waals surface area contributed by atoms with Crippen LogP contribution in [0.2, 0.25) is 0 Å². The van der Waals surface area contributed by atoms with Gasteiger partial charge in [0.05, 0.1) is 17.1 Å². The van der Waals surface area contributed by atoms with E-state index in [1.807, 2.05) is 13.0 Å². The van der Waals surface area contributed by atoms with Gasteiger partial charge in [-0.3, -0.25) is 14.7 Å². The standard InChI is InChI=1S/C29H37N3O4/c1-4-11-28-24-19-7-8-22(33)25(24)36-26(28)21(31-27(34)20-10-13-30-15-17(20)2)9-12-29(28,35)23(14-19)32(3)16-18-5-6-18/h7-8,10,13,15,18,21,23,26,33,35H,4-6,9,11-12,14,16H2,1-3H3,(H,31,34)/t21-,23-,26+,28+,29-/m1/s1. The van der Waals surface area contributed by atoms with Gasteiger partial charge in [0.15, 0.2) is 11.5 Å². The van der Waals surface area contributed by atoms with E-state index in [1.54, 1.807) is 24.5 Å². The lowest BCUT2D eigenvalue weighted by Gasteiger charge is -2.60. The number of amides is 1. The molecule has 0 bridgehead atoms. The van der Waals surface area contributed by atoms with E-state index in [2.05, 4.69) is 29.2 Å². The molecule has 2 saturated carbocycles. The zero-order valence-corrected chi connectivity index (χ0v) is 21.5. The molecule has 1 aliphatic heterocycles. The van der Waals surface area contributed by atoms with Gasteiger partial charge in [-0.15, -0.1) is 0 Å². The largest absolute Gasteiger partial charge is 0.504 e. The van der Waals surface area contributed by atoms with Crippen molar-refractivity contribution in [1.82, 2.24) is 15.2 Å². The maximum absolute atomic E-state index is 13.4. The Morgan fingerprint density at radius 3 is 2.81 bits per heavy atom. The molecular weight excluding hydrogens is 454 g/mol. The Morgan fingerprint density at radius 2 is 2.08 bits per heavy atom. The molecule has 0 spiro atoms. The number of hydrogen-bond donors (Lipinski definition) is 3. The van der Waals surface area contributed by atoms with Crippen molar-refractivity contribution in [1.29, 1.82) is 0 Å². The van der Waals surface area contributed by atoms with E-state index in [1.165, 1.54) is 12.8 Å². The van der Waals surface area contributed by atoms with Gasteiger partial charge in [-0.1, -0.05) is 19.4 Å². The van der Waals surface area contributed by atoms with Crippen LogP contribution in [0.4, 0.5) is 0 Å². The van der Waals surface area contributed by atoms with E-state index in [4.69, 9.17) is 4.74 Å². The number of rotatable bonds is 7. The molecule has 1 aromatic heterocycles. The average Bonchev–Trinajstić information content (AvgIpc) is 3.59. The molecule has 5 atom stereocenters. The minimum absolute atomic E-state index is 0.0437. The molecule has 2 fully saturated rings. The molecule has 2 aromatic rings. The quantitative estimate of drug-likeness (QED) is 0.549. The van der Waals surface area contributed by atoms with Crippen molar-refractivity contribution in [3.05, 3.63) is 52.8 Å². The van der Waals surface area contributed by atoms with Crippen molar-refractivity contribution in [3.8, 4) is 11.5 Å². The number of likely N-dealkylation sites (N-methyl/N-ethyl adjacent to an activating group) is 1. The van der Waals surface area contributed by atoms with Gasteiger partial charge >= 0.3 is 0 Å². The van der Waals surface area contributed by atoms with Gasteiger partial charge in [0.1, 0.15) is 6.10 Å². The van der Waals surface area contributed by atoms with Gasteiger partial charge in [-0.2, -0.15) is 0 Å². The van der Waals surface area contributed by atoms with Gasteiger partial charge in [0.25, 0.3) is 5.91 Å². The fraction of sp³-hybridized carbons (Fsp3) is 0.586. The van der Waals surface area contributed by atoms with E-state index in [0.29, 0.717) is 30.1 Å². The van der Waals surface area contributed by atoms with Gasteiger partial charge < -0.3 is 20.3 Å². The molecule has 7 heteroatoms. The summed E-state index contributed by atoms with van der Waals surface area (Å²) >= 11 is 0. The second-order valence-electron chi connectivity index (χ2n) is 11.5. The second-order valence-corrected chi connectivity index (χ2v) is 11.5. The van der Waals surface area contributed by atoms with Crippen molar-refractivity contribution in [3.63, 3.8) is 0 Å². The number of pyridine rings is 1. The summed E-state index contributed by atoms with van der Waals surface area (Å²) in [6, 6.07) is 5.14. The minimum Gasteiger partial charge on any atom is -0.504 e. The van der Waals surface area contributed by atoms with Gasteiger partial charge in [-0.05, 0) is 81.7 Å². The third-order valence-corrected chi connectivity index (χ3v) is 9.34. The molecule has 2 heterocycles. The van der Waals surface area contributed by atoms with Crippen LogP contribution < -0.4 is 10.1 Å². The molecule has 0 unspecified atom stereocenters. The average molecular weight is 492 g/mol. The van der Waals surface area contributed by atoms with Crippen molar-refractivity contribution in [2.75, 3.05) is 13.6 Å². The van der Waals surface area contributed by atoms with Crippen LogP contribution in [0.15, 0.2) is 30.6 Å². The smallest absolute Gasteiger partial charge is 0.252 e. The predicted octanol–water partition coefficient (Wildman–Crippen LogP) is 3.48. The Hall–Kier alpha value is -2.64. The van der Waals surface area contributed by atoms with Crippen LogP contribution in [-0.2, 0) is 11.8 Å². The number of carbonyl (C=O) groups is 1. The summed E-state index contributed by atoms with van der Waals surface area (Å²) in [5.74, 6) is 1.17. The highest BCUT2D eigenvalue weighted by Gasteiger charge is 2.71. The molecule has 6 rings (SSSR count). The van der Waals surface area contributed by atoms with E-state index >= 15 is 0 Å². The first-order valence-electron chi connectivity index (χ1n) is 13.5. The number of carbonyl (C=O) groups excluding carboxylic acids is 1. The Labute approximate surface area is 212 Å². The first-order chi connectivity index (χ1) is 17.3. The molecule has 3 aliphatic carbocycles. The van der Waals surface area contributed by atoms with Crippen LogP contribution in [0.3, 0.4) is 0 Å². The van der Waals surface area contributed by atoms with E-state index in [0.717, 1.165) is 42.5 Å². The zero-order chi connectivity index (χ0) is 25.2. The predicted molar refractivity (Wildman–Crippen MR) is 136 cm³/mol. The lowest BCUT2D eigenvalue weighted by molar-refractivity contribution is -0.163. The number of ether oxygens (including phenoxy) is 1. The lowest BCUT2D eigenvalue weighted by atomic mass is 9.49. The van der Waals surface area contributed by atoms with Gasteiger partial charge in [0.2, 0.25) is 0 Å². The number of aryl methyl sites for hydroxylation is 1. The molecule has 36 heavy (non-hydrogen) atoms. The van der Waals surface area contributed by atoms with Crippen molar-refractivity contribution < 1.29 is 19.7 Å². The van der Waals surface area contributed by atoms with E-state index < -0.39 is 17.1 Å². The van der Waals surface area contributed by atoms with E-state index in [-0.39, 0.29) is 23.7 Å². The number of aliphatic hydroxyl groups is 1. The number of phenolic OH excluding ortho intramolecular Hbond substituents is 1. The molecule has 7 nitrogen and oxygen atoms in total. The number of benzene rings is 1. The number of nitrogens with one attached hydrogen (secondary N) is 1. The number of phenols is 1. The number of aromatic hydroxyl groups is 1. The summed E-state index contributed by atoms with van der Waals surface area (Å²) in [6.45, 7) is 5.01. The summed E-state index contributed by atoms with van der Waals surface area (Å²) in [5, 5.41) is 26.9. The zero-order valence-electron chi connectivity index (χ0n) is 21.5. The fourth-order valence-electron chi connectivity index (χ4n) is 7.60. The number of hydrogen-bond acceptors (Lipinski definition) is 6. The Balaban J connectivity index is 1.44. The molecule has 0 saturated heterocycles. The van der Waals surface area contributed by atoms with Crippen LogP contribution >= 0.6 is 0 Å². The van der Waals surface area contributed by atoms with Crippen LogP contribution in [0.1, 0.15) is 72.5 Å². The second kappa shape index (κ2) is 8.45. The summed E-state index contributed by atoms with van der Waals surface area (Å²) in [6.07, 6.45) is 8.90. The first kappa shape index (κ1) is 23.7. The van der Waals surface area contributed by atoms with E-state index in [9.17, 15) is 15.0 Å². The summed E-state index contributed by atoms with van der Waals surface area (Å²) < 4.78 is 6.60. The van der Waals surface area contributed by atoms with Gasteiger partial charge in [-0.25, -0.2) is 0 Å². The topological polar surface area (TPSA) is 94.9 Å². The third-order valence-electron chi connectivity index (χ3n) is 9.34. The highest BCUT2D eigenvalue weighted by Crippen LogP contribution is 2.64. The molecule has 3 N–H and O–H groups in total. The molecule has 0 radical (unpaired) electrons. The monoisotopic (exact) mass is 491 g/mol. The minimum atomic E-state index is -1.02. The van der Waals surface area contributed by atoms with Gasteiger partial charge in [0, 0.05) is 36.1 Å². The van der Waals surface area contributed by atoms with Crippen LogP contribution in [0, 0.1) is 12.8 Å². The molecule has 192 valence electrons. The first-order valence-corrected chi connectivity index (χ1v) is 13.5. The molecular formula is C29H37N3O4. The Kier molecular flexibility index (Phi) is 5.57. The summed E-state index contributed by atoms with van der Waals surface area (Å²) in [5.41, 5.74) is 1.81. The van der Waals surface area contributed by atoms with Crippen molar-refractivity contribution >= 4 is 5.91 Å². The van der Waals surface area contributed by atoms with Crippen LogP contribution in [0.5, 0.6) is 11.5 Å². The lowest BCUT2D eigenvalue weighted by Crippen LogP contribution is -2.74. The number of aromatic nitrogens is 1. The normalized spacial score (nSPS) is 32.2. The van der Waals surface area contributed by atoms with Crippen molar-refractivity contribution in [2.24, 2.45) is 5.92 Å². The molecule has 1 aromatic carbocycles. The molecule has 4 aliphatic rings. The third kappa shape index (κ3) is 3.32. The summed E-state index contributed by atoms with van der Waals surface area (Å²) in [7, 11) is 2.15. The number of nitrogens with zero attached hydrogens (tertiary/aromatic N) is 2. The highest BCUT2D eigenvalue weighted by molar-refractivity contribution is 5.95. The van der Waals surface area contributed by atoms with Crippen molar-refractivity contribution in [2.45, 2.75) is 88.0 Å². The summed E-state index contributed by atoms with van der Waals surface area (Å²) in [4.78, 5) is 19.8. The maximum Gasteiger partial charge on any atom is 0.252 e.